The van der Waals surface area contributed by atoms with Crippen molar-refractivity contribution in [1.29, 1.82) is 0 Å². The Kier molecular flexibility index (Phi) is 7.57. The van der Waals surface area contributed by atoms with Gasteiger partial charge in [0.2, 0.25) is 0 Å². The van der Waals surface area contributed by atoms with E-state index in [1.165, 1.54) is 19.2 Å². The largest absolute Gasteiger partial charge is 0.496 e. The Labute approximate surface area is 161 Å². The van der Waals surface area contributed by atoms with Crippen molar-refractivity contribution in [1.82, 2.24) is 10.6 Å². The number of hydrogen-bond donors (Lipinski definition) is 3. The molecule has 2 aromatic rings. The molecule has 0 atom stereocenters. The molecule has 27 heavy (non-hydrogen) atoms. The van der Waals surface area contributed by atoms with E-state index in [-0.39, 0.29) is 18.2 Å². The van der Waals surface area contributed by atoms with Crippen molar-refractivity contribution >= 4 is 24.0 Å². The summed E-state index contributed by atoms with van der Waals surface area (Å²) in [7, 11) is 1.52. The van der Waals surface area contributed by atoms with Crippen molar-refractivity contribution in [3.63, 3.8) is 0 Å². The number of ether oxygens (including phenoxy) is 1. The van der Waals surface area contributed by atoms with Gasteiger partial charge in [0.05, 0.1) is 17.7 Å². The fourth-order valence-electron chi connectivity index (χ4n) is 2.60. The number of benzene rings is 2. The topological polar surface area (TPSA) is 87.7 Å². The number of carboxylic acid groups (broad SMARTS) is 1. The standard InChI is InChI=1S/C18H18ClFN2O2.CH2O2/c1-24-17-5-3-13(20)7-15(17)12-2-4-14(16(19)6-12)18(23)22-10-11-8-21-9-11;2-1-3/h2-7,11,21H,8-10H2,1H3,(H,22,23);1H,(H,2,3). The van der Waals surface area contributed by atoms with Gasteiger partial charge in [0.1, 0.15) is 11.6 Å². The van der Waals surface area contributed by atoms with E-state index in [4.69, 9.17) is 26.2 Å². The summed E-state index contributed by atoms with van der Waals surface area (Å²) in [6.45, 7) is 2.22. The average Bonchev–Trinajstić information content (AvgIpc) is 2.60. The van der Waals surface area contributed by atoms with Crippen LogP contribution in [0.3, 0.4) is 0 Å². The normalized spacial score (nSPS) is 13.0. The van der Waals surface area contributed by atoms with Crippen LogP contribution in [0.5, 0.6) is 5.75 Å². The predicted molar refractivity (Wildman–Crippen MR) is 101 cm³/mol. The van der Waals surface area contributed by atoms with Crippen LogP contribution in [0.15, 0.2) is 36.4 Å². The Morgan fingerprint density at radius 1 is 1.37 bits per heavy atom. The van der Waals surface area contributed by atoms with Gasteiger partial charge in [-0.2, -0.15) is 0 Å². The molecule has 0 aromatic heterocycles. The summed E-state index contributed by atoms with van der Waals surface area (Å²) in [5.41, 5.74) is 1.69. The number of rotatable bonds is 5. The highest BCUT2D eigenvalue weighted by molar-refractivity contribution is 6.34. The highest BCUT2D eigenvalue weighted by Gasteiger charge is 2.19. The zero-order valence-corrected chi connectivity index (χ0v) is 15.4. The molecular weight excluding hydrogens is 375 g/mol. The molecule has 3 N–H and O–H groups in total. The molecule has 3 rings (SSSR count). The van der Waals surface area contributed by atoms with Crippen molar-refractivity contribution in [2.45, 2.75) is 0 Å². The third-order valence-corrected chi connectivity index (χ3v) is 4.42. The number of hydrogen-bond acceptors (Lipinski definition) is 4. The highest BCUT2D eigenvalue weighted by atomic mass is 35.5. The Hall–Kier alpha value is -2.64. The third-order valence-electron chi connectivity index (χ3n) is 4.10. The van der Waals surface area contributed by atoms with Crippen molar-refractivity contribution in [2.75, 3.05) is 26.7 Å². The van der Waals surface area contributed by atoms with Gasteiger partial charge in [0.25, 0.3) is 12.4 Å². The van der Waals surface area contributed by atoms with E-state index in [0.717, 1.165) is 13.1 Å². The monoisotopic (exact) mass is 394 g/mol. The van der Waals surface area contributed by atoms with Crippen LogP contribution < -0.4 is 15.4 Å². The van der Waals surface area contributed by atoms with Crippen molar-refractivity contribution in [3.05, 3.63) is 52.8 Å². The maximum atomic E-state index is 13.5. The van der Waals surface area contributed by atoms with Gasteiger partial charge in [-0.3, -0.25) is 9.59 Å². The lowest BCUT2D eigenvalue weighted by Crippen LogP contribution is -2.48. The van der Waals surface area contributed by atoms with E-state index in [1.807, 2.05) is 0 Å². The molecule has 0 radical (unpaired) electrons. The molecule has 1 aliphatic rings. The summed E-state index contributed by atoms with van der Waals surface area (Å²) >= 11 is 6.26. The molecule has 1 amide bonds. The van der Waals surface area contributed by atoms with Gasteiger partial charge in [-0.25, -0.2) is 4.39 Å². The fourth-order valence-corrected chi connectivity index (χ4v) is 2.86. The zero-order chi connectivity index (χ0) is 19.8. The second-order valence-electron chi connectivity index (χ2n) is 5.88. The van der Waals surface area contributed by atoms with E-state index < -0.39 is 0 Å². The van der Waals surface area contributed by atoms with E-state index in [9.17, 15) is 9.18 Å². The number of nitrogens with one attached hydrogen (secondary N) is 2. The van der Waals surface area contributed by atoms with Crippen molar-refractivity contribution in [3.8, 4) is 16.9 Å². The average molecular weight is 395 g/mol. The second kappa shape index (κ2) is 9.89. The minimum Gasteiger partial charge on any atom is -0.496 e. The molecule has 8 heteroatoms. The number of methoxy groups -OCH3 is 1. The minimum atomic E-state index is -0.363. The van der Waals surface area contributed by atoms with Crippen LogP contribution in [-0.4, -0.2) is 44.2 Å². The molecule has 2 aromatic carbocycles. The predicted octanol–water partition coefficient (Wildman–Crippen LogP) is 2.80. The Morgan fingerprint density at radius 2 is 2.07 bits per heavy atom. The van der Waals surface area contributed by atoms with Gasteiger partial charge >= 0.3 is 0 Å². The minimum absolute atomic E-state index is 0.204. The number of halogens is 2. The molecule has 0 aliphatic carbocycles. The quantitative estimate of drug-likeness (QED) is 0.679. The summed E-state index contributed by atoms with van der Waals surface area (Å²) in [6, 6.07) is 9.32. The summed E-state index contributed by atoms with van der Waals surface area (Å²) in [5, 5.41) is 13.3. The SMILES string of the molecule is COc1ccc(F)cc1-c1ccc(C(=O)NCC2CNC2)c(Cl)c1.O=CO. The van der Waals surface area contributed by atoms with Crippen LogP contribution in [0.2, 0.25) is 5.02 Å². The van der Waals surface area contributed by atoms with Crippen LogP contribution in [0.1, 0.15) is 10.4 Å². The molecule has 144 valence electrons. The Balaban J connectivity index is 0.000000817. The van der Waals surface area contributed by atoms with Crippen LogP contribution in [-0.2, 0) is 4.79 Å². The smallest absolute Gasteiger partial charge is 0.290 e. The van der Waals surface area contributed by atoms with Gasteiger partial charge < -0.3 is 20.5 Å². The van der Waals surface area contributed by atoms with Crippen molar-refractivity contribution < 1.29 is 23.8 Å². The molecule has 0 saturated carbocycles. The Bertz CT molecular complexity index is 812. The van der Waals surface area contributed by atoms with E-state index in [2.05, 4.69) is 10.6 Å². The number of carbonyl (C=O) groups is 2. The van der Waals surface area contributed by atoms with Crippen LogP contribution in [0.25, 0.3) is 11.1 Å². The first kappa shape index (κ1) is 20.7. The van der Waals surface area contributed by atoms with Gasteiger partial charge in [0.15, 0.2) is 0 Å². The maximum absolute atomic E-state index is 13.5. The lowest BCUT2D eigenvalue weighted by Gasteiger charge is -2.27. The van der Waals surface area contributed by atoms with Crippen LogP contribution in [0.4, 0.5) is 4.39 Å². The number of amides is 1. The Morgan fingerprint density at radius 3 is 2.63 bits per heavy atom. The molecule has 1 aliphatic heterocycles. The summed E-state index contributed by atoms with van der Waals surface area (Å²) < 4.78 is 18.8. The molecule has 6 nitrogen and oxygen atoms in total. The summed E-state index contributed by atoms with van der Waals surface area (Å²) in [4.78, 5) is 20.6. The first-order valence-electron chi connectivity index (χ1n) is 8.20. The molecule has 0 bridgehead atoms. The van der Waals surface area contributed by atoms with Gasteiger partial charge in [-0.15, -0.1) is 0 Å². The van der Waals surface area contributed by atoms with E-state index in [1.54, 1.807) is 24.3 Å². The van der Waals surface area contributed by atoms with Gasteiger partial charge in [-0.1, -0.05) is 17.7 Å². The van der Waals surface area contributed by atoms with E-state index in [0.29, 0.717) is 39.9 Å². The molecule has 1 heterocycles. The summed E-state index contributed by atoms with van der Waals surface area (Å²) in [6.07, 6.45) is 0. The molecular formula is C19H20ClFN2O4. The van der Waals surface area contributed by atoms with Crippen LogP contribution >= 0.6 is 11.6 Å². The third kappa shape index (κ3) is 5.42. The van der Waals surface area contributed by atoms with E-state index >= 15 is 0 Å². The van der Waals surface area contributed by atoms with Crippen molar-refractivity contribution in [2.24, 2.45) is 5.92 Å². The maximum Gasteiger partial charge on any atom is 0.290 e. The first-order valence-corrected chi connectivity index (χ1v) is 8.58. The fraction of sp³-hybridized carbons (Fsp3) is 0.263. The van der Waals surface area contributed by atoms with Crippen LogP contribution in [0, 0.1) is 11.7 Å². The van der Waals surface area contributed by atoms with Gasteiger partial charge in [-0.05, 0) is 35.9 Å². The van der Waals surface area contributed by atoms with Gasteiger partial charge in [0, 0.05) is 31.1 Å². The highest BCUT2D eigenvalue weighted by Crippen LogP contribution is 2.33. The first-order chi connectivity index (χ1) is 13.0. The summed E-state index contributed by atoms with van der Waals surface area (Å²) in [5.74, 6) is 0.452. The second-order valence-corrected chi connectivity index (χ2v) is 6.29. The molecule has 0 unspecified atom stereocenters. The lowest BCUT2D eigenvalue weighted by atomic mass is 10.0. The number of carbonyl (C=O) groups excluding carboxylic acids is 1. The molecule has 0 spiro atoms. The zero-order valence-electron chi connectivity index (χ0n) is 14.7. The molecule has 1 saturated heterocycles. The molecule has 1 fully saturated rings. The lowest BCUT2D eigenvalue weighted by molar-refractivity contribution is -0.122.